The average molecular weight is 330 g/mol. The Hall–Kier alpha value is -2.02. The summed E-state index contributed by atoms with van der Waals surface area (Å²) in [5.74, 6) is 1.72. The van der Waals surface area contributed by atoms with Crippen LogP contribution in [0.5, 0.6) is 0 Å². The van der Waals surface area contributed by atoms with E-state index in [1.807, 2.05) is 33.0 Å². The number of rotatable bonds is 4. The van der Waals surface area contributed by atoms with E-state index in [1.165, 1.54) is 0 Å². The van der Waals surface area contributed by atoms with Gasteiger partial charge in [0.25, 0.3) is 0 Å². The molecule has 2 aromatic rings. The number of piperidine rings is 1. The smallest absolute Gasteiger partial charge is 0.132 e. The molecule has 0 unspecified atom stereocenters. The molecule has 0 spiro atoms. The zero-order chi connectivity index (χ0) is 17.3. The number of aromatic nitrogens is 5. The molecule has 1 aliphatic heterocycles. The van der Waals surface area contributed by atoms with Gasteiger partial charge in [-0.05, 0) is 33.6 Å². The van der Waals surface area contributed by atoms with Crippen LogP contribution in [-0.2, 0) is 12.0 Å². The summed E-state index contributed by atoms with van der Waals surface area (Å²) in [7, 11) is 0. The molecule has 0 bridgehead atoms. The Balaban J connectivity index is 1.86. The highest BCUT2D eigenvalue weighted by molar-refractivity contribution is 5.41. The third-order valence-electron chi connectivity index (χ3n) is 4.51. The van der Waals surface area contributed by atoms with Gasteiger partial charge in [-0.3, -0.25) is 0 Å². The Labute approximate surface area is 142 Å². The first kappa shape index (κ1) is 16.8. The lowest BCUT2D eigenvalue weighted by molar-refractivity contribution is 0.0174. The van der Waals surface area contributed by atoms with E-state index in [-0.39, 0.29) is 6.04 Å². The molecule has 0 saturated carbocycles. The van der Waals surface area contributed by atoms with Gasteiger partial charge in [-0.15, -0.1) is 5.10 Å². The number of aryl methyl sites for hydroxylation is 2. The molecule has 24 heavy (non-hydrogen) atoms. The standard InChI is InChI=1S/C17H26N6O/c1-5-15-18-13(4)9-16(19-15)22-8-6-7-17(24,11-22)14-10-23(12(2)3)21-20-14/h9-10,12,24H,5-8,11H2,1-4H3/t17-/m1/s1. The summed E-state index contributed by atoms with van der Waals surface area (Å²) in [4.78, 5) is 11.2. The topological polar surface area (TPSA) is 80.0 Å². The van der Waals surface area contributed by atoms with Gasteiger partial charge < -0.3 is 10.0 Å². The molecule has 2 aromatic heterocycles. The highest BCUT2D eigenvalue weighted by Gasteiger charge is 2.38. The van der Waals surface area contributed by atoms with Gasteiger partial charge in [0, 0.05) is 30.8 Å². The second-order valence-corrected chi connectivity index (χ2v) is 6.87. The van der Waals surface area contributed by atoms with Crippen LogP contribution in [-0.4, -0.2) is 43.2 Å². The Morgan fingerprint density at radius 3 is 2.79 bits per heavy atom. The second-order valence-electron chi connectivity index (χ2n) is 6.87. The summed E-state index contributed by atoms with van der Waals surface area (Å²) in [5, 5.41) is 19.5. The van der Waals surface area contributed by atoms with Crippen LogP contribution >= 0.6 is 0 Å². The van der Waals surface area contributed by atoms with E-state index in [1.54, 1.807) is 4.68 Å². The molecule has 3 rings (SSSR count). The molecular weight excluding hydrogens is 304 g/mol. The van der Waals surface area contributed by atoms with Gasteiger partial charge in [-0.2, -0.15) is 0 Å². The maximum Gasteiger partial charge on any atom is 0.132 e. The van der Waals surface area contributed by atoms with Crippen molar-refractivity contribution in [1.82, 2.24) is 25.0 Å². The van der Waals surface area contributed by atoms with Crippen molar-refractivity contribution in [2.75, 3.05) is 18.0 Å². The van der Waals surface area contributed by atoms with Crippen molar-refractivity contribution in [3.05, 3.63) is 29.5 Å². The van der Waals surface area contributed by atoms with Gasteiger partial charge in [0.1, 0.15) is 22.9 Å². The monoisotopic (exact) mass is 330 g/mol. The van der Waals surface area contributed by atoms with Crippen LogP contribution in [0.2, 0.25) is 0 Å². The largest absolute Gasteiger partial charge is 0.382 e. The van der Waals surface area contributed by atoms with Gasteiger partial charge in [-0.25, -0.2) is 14.6 Å². The third kappa shape index (κ3) is 3.26. The van der Waals surface area contributed by atoms with Crippen molar-refractivity contribution in [2.45, 2.75) is 58.6 Å². The molecule has 1 aliphatic rings. The predicted molar refractivity (Wildman–Crippen MR) is 91.9 cm³/mol. The highest BCUT2D eigenvalue weighted by Crippen LogP contribution is 2.32. The summed E-state index contributed by atoms with van der Waals surface area (Å²) < 4.78 is 1.79. The maximum atomic E-state index is 11.2. The summed E-state index contributed by atoms with van der Waals surface area (Å²) in [5.41, 5.74) is 0.607. The van der Waals surface area contributed by atoms with Crippen LogP contribution in [0.1, 0.15) is 56.9 Å². The number of nitrogens with zero attached hydrogens (tertiary/aromatic N) is 6. The first-order valence-corrected chi connectivity index (χ1v) is 8.65. The van der Waals surface area contributed by atoms with Crippen molar-refractivity contribution in [2.24, 2.45) is 0 Å². The van der Waals surface area contributed by atoms with Crippen molar-refractivity contribution in [3.8, 4) is 0 Å². The molecule has 0 radical (unpaired) electrons. The van der Waals surface area contributed by atoms with Crippen LogP contribution in [0.25, 0.3) is 0 Å². The van der Waals surface area contributed by atoms with Crippen LogP contribution in [0.3, 0.4) is 0 Å². The fraction of sp³-hybridized carbons (Fsp3) is 0.647. The molecule has 3 heterocycles. The third-order valence-corrected chi connectivity index (χ3v) is 4.51. The first-order valence-electron chi connectivity index (χ1n) is 8.65. The van der Waals surface area contributed by atoms with E-state index in [4.69, 9.17) is 0 Å². The van der Waals surface area contributed by atoms with E-state index in [0.29, 0.717) is 18.7 Å². The Kier molecular flexibility index (Phi) is 4.54. The highest BCUT2D eigenvalue weighted by atomic mass is 16.3. The fourth-order valence-electron chi connectivity index (χ4n) is 3.12. The molecule has 1 N–H and O–H groups in total. The molecule has 0 aliphatic carbocycles. The fourth-order valence-corrected chi connectivity index (χ4v) is 3.12. The lowest BCUT2D eigenvalue weighted by Gasteiger charge is -2.38. The van der Waals surface area contributed by atoms with Gasteiger partial charge in [-0.1, -0.05) is 12.1 Å². The van der Waals surface area contributed by atoms with Gasteiger partial charge in [0.2, 0.25) is 0 Å². The normalized spacial score (nSPS) is 21.5. The molecule has 7 heteroatoms. The zero-order valence-corrected chi connectivity index (χ0v) is 14.9. The van der Waals surface area contributed by atoms with Crippen molar-refractivity contribution >= 4 is 5.82 Å². The molecule has 1 atom stereocenters. The number of anilines is 1. The SMILES string of the molecule is CCc1nc(C)cc(N2CCC[C@](O)(c3cn(C(C)C)nn3)C2)n1. The lowest BCUT2D eigenvalue weighted by Crippen LogP contribution is -2.47. The number of hydrogen-bond donors (Lipinski definition) is 1. The summed E-state index contributed by atoms with van der Waals surface area (Å²) in [6.07, 6.45) is 4.23. The predicted octanol–water partition coefficient (Wildman–Crippen LogP) is 2.01. The summed E-state index contributed by atoms with van der Waals surface area (Å²) in [6, 6.07) is 2.21. The van der Waals surface area contributed by atoms with Crippen LogP contribution < -0.4 is 4.90 Å². The lowest BCUT2D eigenvalue weighted by atomic mass is 9.90. The van der Waals surface area contributed by atoms with Crippen molar-refractivity contribution in [3.63, 3.8) is 0 Å². The van der Waals surface area contributed by atoms with E-state index >= 15 is 0 Å². The first-order chi connectivity index (χ1) is 11.4. The average Bonchev–Trinajstić information content (AvgIpc) is 3.05. The molecule has 0 amide bonds. The van der Waals surface area contributed by atoms with Crippen LogP contribution in [0.4, 0.5) is 5.82 Å². The van der Waals surface area contributed by atoms with Gasteiger partial charge in [0.15, 0.2) is 0 Å². The minimum Gasteiger partial charge on any atom is -0.382 e. The maximum absolute atomic E-state index is 11.2. The van der Waals surface area contributed by atoms with Gasteiger partial charge >= 0.3 is 0 Å². The number of hydrogen-bond acceptors (Lipinski definition) is 6. The Bertz CT molecular complexity index is 713. The number of β-amino-alcohol motifs (C(OH)–C–C–N with tert-alkyl or cyclic N) is 1. The van der Waals surface area contributed by atoms with E-state index in [2.05, 4.69) is 32.1 Å². The molecule has 7 nitrogen and oxygen atoms in total. The minimum absolute atomic E-state index is 0.228. The summed E-state index contributed by atoms with van der Waals surface area (Å²) in [6.45, 7) is 9.48. The Morgan fingerprint density at radius 1 is 1.33 bits per heavy atom. The molecule has 130 valence electrons. The molecular formula is C17H26N6O. The van der Waals surface area contributed by atoms with E-state index in [9.17, 15) is 5.11 Å². The second kappa shape index (κ2) is 6.47. The van der Waals surface area contributed by atoms with E-state index < -0.39 is 5.60 Å². The van der Waals surface area contributed by atoms with E-state index in [0.717, 1.165) is 36.7 Å². The Morgan fingerprint density at radius 2 is 2.12 bits per heavy atom. The molecule has 1 fully saturated rings. The quantitative estimate of drug-likeness (QED) is 0.924. The summed E-state index contributed by atoms with van der Waals surface area (Å²) >= 11 is 0. The van der Waals surface area contributed by atoms with Crippen LogP contribution in [0.15, 0.2) is 12.3 Å². The number of aliphatic hydroxyl groups is 1. The molecule has 0 aromatic carbocycles. The van der Waals surface area contributed by atoms with Gasteiger partial charge in [0.05, 0.1) is 12.7 Å². The van der Waals surface area contributed by atoms with Crippen LogP contribution in [0, 0.1) is 6.92 Å². The zero-order valence-electron chi connectivity index (χ0n) is 14.9. The minimum atomic E-state index is -0.989. The van der Waals surface area contributed by atoms with Crippen molar-refractivity contribution in [1.29, 1.82) is 0 Å². The van der Waals surface area contributed by atoms with Crippen molar-refractivity contribution < 1.29 is 5.11 Å². The molecule has 1 saturated heterocycles.